The summed E-state index contributed by atoms with van der Waals surface area (Å²) in [5.74, 6) is 1.26. The first-order valence-corrected chi connectivity index (χ1v) is 8.56. The van der Waals surface area contributed by atoms with Crippen molar-refractivity contribution in [2.75, 3.05) is 0 Å². The van der Waals surface area contributed by atoms with E-state index in [1.165, 1.54) is 29.5 Å². The van der Waals surface area contributed by atoms with Crippen LogP contribution in [0.4, 0.5) is 0 Å². The van der Waals surface area contributed by atoms with E-state index in [-0.39, 0.29) is 0 Å². The minimum absolute atomic E-state index is 0.601. The van der Waals surface area contributed by atoms with E-state index in [1.54, 1.807) is 0 Å². The van der Waals surface area contributed by atoms with Gasteiger partial charge in [-0.2, -0.15) is 0 Å². The molecule has 0 bridgehead atoms. The summed E-state index contributed by atoms with van der Waals surface area (Å²) in [7, 11) is 0. The van der Waals surface area contributed by atoms with Crippen molar-refractivity contribution in [3.63, 3.8) is 0 Å². The minimum Gasteiger partial charge on any atom is -0.0876 e. The molecule has 0 nitrogen and oxygen atoms in total. The lowest BCUT2D eigenvalue weighted by Crippen LogP contribution is -2.03. The van der Waals surface area contributed by atoms with Crippen molar-refractivity contribution in [2.24, 2.45) is 0 Å². The third-order valence-electron chi connectivity index (χ3n) is 4.10. The van der Waals surface area contributed by atoms with Crippen molar-refractivity contribution in [3.05, 3.63) is 71.3 Å². The van der Waals surface area contributed by atoms with E-state index in [1.807, 2.05) is 0 Å². The van der Waals surface area contributed by atoms with Crippen LogP contribution < -0.4 is 0 Å². The molecule has 0 aliphatic rings. The molecule has 20 heavy (non-hydrogen) atoms. The number of benzene rings is 2. The molecule has 0 aliphatic heterocycles. The van der Waals surface area contributed by atoms with E-state index < -0.39 is 0 Å². The molecule has 0 aliphatic carbocycles. The van der Waals surface area contributed by atoms with Crippen LogP contribution in [0.25, 0.3) is 0 Å². The second-order valence-electron chi connectivity index (χ2n) is 5.53. The van der Waals surface area contributed by atoms with E-state index in [9.17, 15) is 0 Å². The lowest BCUT2D eigenvalue weighted by Gasteiger charge is -2.20. The van der Waals surface area contributed by atoms with Crippen molar-refractivity contribution >= 4 is 15.9 Å². The molecule has 0 saturated carbocycles. The van der Waals surface area contributed by atoms with Gasteiger partial charge in [0.15, 0.2) is 0 Å². The summed E-state index contributed by atoms with van der Waals surface area (Å²) in [5.41, 5.74) is 4.26. The van der Waals surface area contributed by atoms with Crippen LogP contribution in [0.15, 0.2) is 54.6 Å². The second kappa shape index (κ2) is 7.64. The lowest BCUT2D eigenvalue weighted by molar-refractivity contribution is 0.544. The minimum atomic E-state index is 0.601. The molecule has 0 radical (unpaired) electrons. The summed E-state index contributed by atoms with van der Waals surface area (Å²) in [6, 6.07) is 19.9. The van der Waals surface area contributed by atoms with Gasteiger partial charge in [-0.15, -0.1) is 0 Å². The first-order valence-electron chi connectivity index (χ1n) is 7.44. The fourth-order valence-electron chi connectivity index (χ4n) is 2.76. The molecule has 2 unspecified atom stereocenters. The Morgan fingerprint density at radius 1 is 0.900 bits per heavy atom. The highest BCUT2D eigenvalue weighted by Crippen LogP contribution is 2.31. The van der Waals surface area contributed by atoms with Crippen LogP contribution in [0.5, 0.6) is 0 Å². The molecule has 2 aromatic rings. The van der Waals surface area contributed by atoms with E-state index in [0.29, 0.717) is 11.8 Å². The molecule has 2 rings (SSSR count). The summed E-state index contributed by atoms with van der Waals surface area (Å²) >= 11 is 3.50. The maximum absolute atomic E-state index is 3.50. The number of alkyl halides is 1. The fourth-order valence-corrected chi connectivity index (χ4v) is 3.14. The van der Waals surface area contributed by atoms with Crippen LogP contribution in [0.2, 0.25) is 0 Å². The zero-order valence-corrected chi connectivity index (χ0v) is 13.9. The molecule has 1 heteroatoms. The third-order valence-corrected chi connectivity index (χ3v) is 4.75. The van der Waals surface area contributed by atoms with Gasteiger partial charge in [0.1, 0.15) is 0 Å². The van der Waals surface area contributed by atoms with Gasteiger partial charge in [0.05, 0.1) is 0 Å². The molecule has 0 amide bonds. The van der Waals surface area contributed by atoms with Crippen LogP contribution in [0.1, 0.15) is 55.2 Å². The van der Waals surface area contributed by atoms with Gasteiger partial charge in [-0.1, -0.05) is 84.4 Å². The van der Waals surface area contributed by atoms with E-state index in [2.05, 4.69) is 84.4 Å². The Balaban J connectivity index is 2.06. The van der Waals surface area contributed by atoms with Gasteiger partial charge in [-0.3, -0.25) is 0 Å². The zero-order valence-electron chi connectivity index (χ0n) is 12.4. The molecular weight excluding hydrogens is 308 g/mol. The van der Waals surface area contributed by atoms with E-state index >= 15 is 0 Å². The average molecular weight is 331 g/mol. The summed E-state index contributed by atoms with van der Waals surface area (Å²) in [4.78, 5) is 0. The van der Waals surface area contributed by atoms with Crippen LogP contribution >= 0.6 is 15.9 Å². The first-order chi connectivity index (χ1) is 9.74. The topological polar surface area (TPSA) is 0 Å². The monoisotopic (exact) mass is 330 g/mol. The Bertz CT molecular complexity index is 501. The normalized spacial score (nSPS) is 13.9. The number of hydrogen-bond donors (Lipinski definition) is 0. The Morgan fingerprint density at radius 2 is 1.55 bits per heavy atom. The van der Waals surface area contributed by atoms with Crippen molar-refractivity contribution in [1.82, 2.24) is 0 Å². The largest absolute Gasteiger partial charge is 0.0876 e. The van der Waals surface area contributed by atoms with E-state index in [4.69, 9.17) is 0 Å². The first kappa shape index (κ1) is 15.3. The van der Waals surface area contributed by atoms with Gasteiger partial charge >= 0.3 is 0 Å². The summed E-state index contributed by atoms with van der Waals surface area (Å²) in [5, 5.41) is 0.934. The maximum atomic E-state index is 3.50. The predicted octanol–water partition coefficient (Wildman–Crippen LogP) is 6.27. The van der Waals surface area contributed by atoms with Gasteiger partial charge < -0.3 is 0 Å². The Hall–Kier alpha value is -1.08. The van der Waals surface area contributed by atoms with Crippen molar-refractivity contribution in [2.45, 2.75) is 43.9 Å². The molecule has 2 atom stereocenters. The van der Waals surface area contributed by atoms with Gasteiger partial charge in [0, 0.05) is 5.33 Å². The van der Waals surface area contributed by atoms with Crippen LogP contribution in [-0.2, 0) is 5.33 Å². The van der Waals surface area contributed by atoms with Crippen molar-refractivity contribution in [3.8, 4) is 0 Å². The Labute approximate surface area is 131 Å². The van der Waals surface area contributed by atoms with Crippen molar-refractivity contribution < 1.29 is 0 Å². The molecule has 0 fully saturated rings. The number of hydrogen-bond acceptors (Lipinski definition) is 0. The molecule has 106 valence electrons. The quantitative estimate of drug-likeness (QED) is 0.547. The highest BCUT2D eigenvalue weighted by molar-refractivity contribution is 9.08. The molecule has 2 aromatic carbocycles. The molecule has 0 heterocycles. The molecular formula is C19H23Br. The van der Waals surface area contributed by atoms with Gasteiger partial charge in [0.25, 0.3) is 0 Å². The highest BCUT2D eigenvalue weighted by Gasteiger charge is 2.14. The van der Waals surface area contributed by atoms with Crippen LogP contribution in [0.3, 0.4) is 0 Å². The lowest BCUT2D eigenvalue weighted by atomic mass is 9.84. The SMILES string of the molecule is CCC(CC(C)c1ccc(CBr)cc1)c1ccccc1. The van der Waals surface area contributed by atoms with Gasteiger partial charge in [-0.05, 0) is 41.4 Å². The fraction of sp³-hybridized carbons (Fsp3) is 0.368. The summed E-state index contributed by atoms with van der Waals surface area (Å²) in [6.07, 6.45) is 2.42. The molecule has 0 N–H and O–H groups in total. The Morgan fingerprint density at radius 3 is 2.10 bits per heavy atom. The average Bonchev–Trinajstić information content (AvgIpc) is 2.53. The maximum Gasteiger partial charge on any atom is 0.0283 e. The van der Waals surface area contributed by atoms with Gasteiger partial charge in [-0.25, -0.2) is 0 Å². The molecule has 0 spiro atoms. The zero-order chi connectivity index (χ0) is 14.4. The van der Waals surface area contributed by atoms with Crippen LogP contribution in [0, 0.1) is 0 Å². The summed E-state index contributed by atoms with van der Waals surface area (Å²) < 4.78 is 0. The highest BCUT2D eigenvalue weighted by atomic mass is 79.9. The number of halogens is 1. The second-order valence-corrected chi connectivity index (χ2v) is 6.09. The van der Waals surface area contributed by atoms with Gasteiger partial charge in [0.2, 0.25) is 0 Å². The molecule has 0 saturated heterocycles. The summed E-state index contributed by atoms with van der Waals surface area (Å²) in [6.45, 7) is 4.63. The van der Waals surface area contributed by atoms with Crippen molar-refractivity contribution in [1.29, 1.82) is 0 Å². The molecule has 0 aromatic heterocycles. The third kappa shape index (κ3) is 3.96. The number of rotatable bonds is 6. The smallest absolute Gasteiger partial charge is 0.0283 e. The predicted molar refractivity (Wildman–Crippen MR) is 91.6 cm³/mol. The standard InChI is InChI=1S/C19H23Br/c1-3-17(19-7-5-4-6-8-19)13-15(2)18-11-9-16(14-20)10-12-18/h4-12,15,17H,3,13-14H2,1-2H3. The van der Waals surface area contributed by atoms with Crippen LogP contribution in [-0.4, -0.2) is 0 Å². The van der Waals surface area contributed by atoms with E-state index in [0.717, 1.165) is 5.33 Å². The Kier molecular flexibility index (Phi) is 5.85.